The molecule has 0 bridgehead atoms. The van der Waals surface area contributed by atoms with Crippen LogP contribution in [0.25, 0.3) is 6.08 Å². The fourth-order valence-corrected chi connectivity index (χ4v) is 4.14. The molecule has 1 N–H and O–H groups in total. The summed E-state index contributed by atoms with van der Waals surface area (Å²) in [6, 6.07) is 19.6. The van der Waals surface area contributed by atoms with E-state index >= 15 is 0 Å². The number of halogens is 1. The number of aryl methyl sites for hydroxylation is 1. The van der Waals surface area contributed by atoms with Gasteiger partial charge in [-0.1, -0.05) is 37.3 Å². The van der Waals surface area contributed by atoms with Crippen LogP contribution in [0.4, 0.5) is 10.1 Å². The summed E-state index contributed by atoms with van der Waals surface area (Å²) in [7, 11) is 0. The second kappa shape index (κ2) is 11.0. The van der Waals surface area contributed by atoms with Crippen LogP contribution in [-0.2, 0) is 17.8 Å². The van der Waals surface area contributed by atoms with Crippen molar-refractivity contribution in [3.05, 3.63) is 94.1 Å². The molecule has 7 heteroatoms. The van der Waals surface area contributed by atoms with Gasteiger partial charge in [-0.15, -0.1) is 0 Å². The van der Waals surface area contributed by atoms with Gasteiger partial charge >= 0.3 is 0 Å². The van der Waals surface area contributed by atoms with Crippen molar-refractivity contribution in [1.29, 1.82) is 0 Å². The number of ether oxygens (including phenoxy) is 2. The highest BCUT2D eigenvalue weighted by Crippen LogP contribution is 2.33. The third-order valence-corrected chi connectivity index (χ3v) is 6.01. The van der Waals surface area contributed by atoms with Crippen molar-refractivity contribution >= 4 is 34.6 Å². The monoisotopic (exact) mass is 476 g/mol. The van der Waals surface area contributed by atoms with Gasteiger partial charge in [-0.25, -0.2) is 9.38 Å². The number of rotatable bonds is 8. The van der Waals surface area contributed by atoms with E-state index in [9.17, 15) is 9.18 Å². The molecule has 0 unspecified atom stereocenters. The minimum atomic E-state index is -0.285. The number of thioether (sulfide) groups is 1. The minimum Gasteiger partial charge on any atom is -0.490 e. The zero-order chi connectivity index (χ0) is 23.9. The van der Waals surface area contributed by atoms with Gasteiger partial charge in [0, 0.05) is 0 Å². The first-order valence-electron chi connectivity index (χ1n) is 11.1. The molecule has 1 heterocycles. The molecular weight excluding hydrogens is 451 g/mol. The molecular formula is C27H25FN2O3S. The first kappa shape index (κ1) is 23.6. The molecule has 0 spiro atoms. The predicted molar refractivity (Wildman–Crippen MR) is 135 cm³/mol. The molecule has 0 atom stereocenters. The number of nitrogens with zero attached hydrogens (tertiary/aromatic N) is 1. The molecule has 5 nitrogen and oxygen atoms in total. The van der Waals surface area contributed by atoms with Crippen LogP contribution < -0.4 is 14.8 Å². The van der Waals surface area contributed by atoms with Crippen molar-refractivity contribution in [3.63, 3.8) is 0 Å². The molecule has 1 aliphatic heterocycles. The molecule has 1 aliphatic rings. The maximum absolute atomic E-state index is 13.1. The van der Waals surface area contributed by atoms with Gasteiger partial charge in [0.05, 0.1) is 17.2 Å². The van der Waals surface area contributed by atoms with E-state index in [1.54, 1.807) is 18.2 Å². The Morgan fingerprint density at radius 3 is 2.38 bits per heavy atom. The summed E-state index contributed by atoms with van der Waals surface area (Å²) in [6.45, 7) is 4.76. The SMILES string of the molecule is CCOc1cc(/C=C2\SC(=Nc3ccc(CC)cc3)NC2=O)ccc1OCc1ccc(F)cc1. The third-order valence-electron chi connectivity index (χ3n) is 5.10. The number of nitrogens with one attached hydrogen (secondary N) is 1. The van der Waals surface area contributed by atoms with E-state index in [1.165, 1.54) is 29.5 Å². The second-order valence-corrected chi connectivity index (χ2v) is 8.59. The molecule has 3 aromatic rings. The van der Waals surface area contributed by atoms with E-state index in [2.05, 4.69) is 17.2 Å². The standard InChI is InChI=1S/C27H25FN2O3S/c1-3-18-7-12-22(13-8-18)29-27-30-26(31)25(34-27)16-20-9-14-23(24(15-20)32-4-2)33-17-19-5-10-21(28)11-6-19/h5-16H,3-4,17H2,1-2H3,(H,29,30,31)/b25-16-. The highest BCUT2D eigenvalue weighted by Gasteiger charge is 2.24. The molecule has 3 aromatic carbocycles. The quantitative estimate of drug-likeness (QED) is 0.390. The van der Waals surface area contributed by atoms with E-state index in [0.29, 0.717) is 28.2 Å². The Labute approximate surface area is 202 Å². The first-order valence-corrected chi connectivity index (χ1v) is 11.9. The molecule has 174 valence electrons. The summed E-state index contributed by atoms with van der Waals surface area (Å²) in [5, 5.41) is 3.36. The summed E-state index contributed by atoms with van der Waals surface area (Å²) in [5.41, 5.74) is 3.69. The van der Waals surface area contributed by atoms with Crippen LogP contribution in [0.3, 0.4) is 0 Å². The van der Waals surface area contributed by atoms with Gasteiger partial charge in [0.25, 0.3) is 5.91 Å². The number of hydrogen-bond donors (Lipinski definition) is 1. The molecule has 1 saturated heterocycles. The Morgan fingerprint density at radius 1 is 0.941 bits per heavy atom. The van der Waals surface area contributed by atoms with Crippen molar-refractivity contribution in [1.82, 2.24) is 5.32 Å². The van der Waals surface area contributed by atoms with E-state index in [0.717, 1.165) is 23.2 Å². The molecule has 1 fully saturated rings. The molecule has 0 saturated carbocycles. The van der Waals surface area contributed by atoms with E-state index in [-0.39, 0.29) is 18.3 Å². The van der Waals surface area contributed by atoms with Gasteiger partial charge in [0.1, 0.15) is 12.4 Å². The largest absolute Gasteiger partial charge is 0.490 e. The van der Waals surface area contributed by atoms with E-state index in [4.69, 9.17) is 9.47 Å². The molecule has 34 heavy (non-hydrogen) atoms. The fraction of sp³-hybridized carbons (Fsp3) is 0.185. The zero-order valence-electron chi connectivity index (χ0n) is 19.0. The molecule has 4 rings (SSSR count). The Hall–Kier alpha value is -3.58. The van der Waals surface area contributed by atoms with Crippen LogP contribution in [0.5, 0.6) is 11.5 Å². The molecule has 1 amide bonds. The average molecular weight is 477 g/mol. The van der Waals surface area contributed by atoms with Gasteiger partial charge in [0.15, 0.2) is 16.7 Å². The first-order chi connectivity index (χ1) is 16.5. The minimum absolute atomic E-state index is 0.191. The van der Waals surface area contributed by atoms with E-state index < -0.39 is 0 Å². The van der Waals surface area contributed by atoms with E-state index in [1.807, 2.05) is 49.4 Å². The van der Waals surface area contributed by atoms with Gasteiger partial charge in [-0.2, -0.15) is 0 Å². The number of carbonyl (C=O) groups is 1. The van der Waals surface area contributed by atoms with Crippen LogP contribution in [0.2, 0.25) is 0 Å². The van der Waals surface area contributed by atoms with Crippen LogP contribution in [0.15, 0.2) is 76.6 Å². The third kappa shape index (κ3) is 6.05. The Balaban J connectivity index is 1.48. The van der Waals surface area contributed by atoms with Gasteiger partial charge in [0.2, 0.25) is 0 Å². The van der Waals surface area contributed by atoms with Gasteiger partial charge in [-0.3, -0.25) is 4.79 Å². The Bertz CT molecular complexity index is 1220. The summed E-state index contributed by atoms with van der Waals surface area (Å²) in [6.07, 6.45) is 2.77. The zero-order valence-corrected chi connectivity index (χ0v) is 19.8. The lowest BCUT2D eigenvalue weighted by Crippen LogP contribution is -2.19. The van der Waals surface area contributed by atoms with Crippen molar-refractivity contribution in [2.45, 2.75) is 26.9 Å². The maximum atomic E-state index is 13.1. The summed E-state index contributed by atoms with van der Waals surface area (Å²) >= 11 is 1.30. The Kier molecular flexibility index (Phi) is 7.65. The fourth-order valence-electron chi connectivity index (χ4n) is 3.30. The topological polar surface area (TPSA) is 59.9 Å². The van der Waals surface area contributed by atoms with Crippen molar-refractivity contribution in [2.75, 3.05) is 6.61 Å². The number of aliphatic imine (C=N–C) groups is 1. The number of benzene rings is 3. The average Bonchev–Trinajstić information content (AvgIpc) is 3.18. The highest BCUT2D eigenvalue weighted by atomic mass is 32.2. The van der Waals surface area contributed by atoms with Crippen LogP contribution in [0.1, 0.15) is 30.5 Å². The maximum Gasteiger partial charge on any atom is 0.264 e. The van der Waals surface area contributed by atoms with Crippen LogP contribution in [0, 0.1) is 5.82 Å². The predicted octanol–water partition coefficient (Wildman–Crippen LogP) is 6.26. The van der Waals surface area contributed by atoms with Crippen LogP contribution in [-0.4, -0.2) is 17.7 Å². The lowest BCUT2D eigenvalue weighted by molar-refractivity contribution is -0.115. The number of amides is 1. The normalized spacial score (nSPS) is 15.6. The molecule has 0 aliphatic carbocycles. The molecule has 0 aromatic heterocycles. The van der Waals surface area contributed by atoms with Crippen molar-refractivity contribution in [3.8, 4) is 11.5 Å². The Morgan fingerprint density at radius 2 is 1.68 bits per heavy atom. The van der Waals surface area contributed by atoms with Gasteiger partial charge in [-0.05, 0) is 84.3 Å². The number of hydrogen-bond acceptors (Lipinski definition) is 5. The second-order valence-electron chi connectivity index (χ2n) is 7.56. The summed E-state index contributed by atoms with van der Waals surface area (Å²) in [5.74, 6) is 0.679. The van der Waals surface area contributed by atoms with Crippen molar-refractivity contribution in [2.24, 2.45) is 4.99 Å². The van der Waals surface area contributed by atoms with Gasteiger partial charge < -0.3 is 14.8 Å². The smallest absolute Gasteiger partial charge is 0.264 e. The highest BCUT2D eigenvalue weighted by molar-refractivity contribution is 8.18. The summed E-state index contributed by atoms with van der Waals surface area (Å²) in [4.78, 5) is 17.6. The number of carbonyl (C=O) groups excluding carboxylic acids is 1. The number of amidine groups is 1. The lowest BCUT2D eigenvalue weighted by atomic mass is 10.1. The molecule has 0 radical (unpaired) electrons. The van der Waals surface area contributed by atoms with Crippen LogP contribution >= 0.6 is 11.8 Å². The van der Waals surface area contributed by atoms with Crippen molar-refractivity contribution < 1.29 is 18.7 Å². The summed E-state index contributed by atoms with van der Waals surface area (Å²) < 4.78 is 24.8. The lowest BCUT2D eigenvalue weighted by Gasteiger charge is -2.13.